The van der Waals surface area contributed by atoms with Crippen molar-refractivity contribution in [2.24, 2.45) is 0 Å². The van der Waals surface area contributed by atoms with Gasteiger partial charge in [-0.15, -0.1) is 0 Å². The minimum absolute atomic E-state index is 0.862. The smallest absolute Gasteiger partial charge is 0.0601 e. The molecule has 1 aromatic heterocycles. The van der Waals surface area contributed by atoms with E-state index in [0.29, 0.717) is 0 Å². The molecule has 2 heteroatoms. The van der Waals surface area contributed by atoms with Crippen molar-refractivity contribution in [3.8, 4) is 0 Å². The Balaban J connectivity index is 2.13. The van der Waals surface area contributed by atoms with Gasteiger partial charge in [0.2, 0.25) is 0 Å². The van der Waals surface area contributed by atoms with Gasteiger partial charge in [-0.25, -0.2) is 0 Å². The van der Waals surface area contributed by atoms with Crippen LogP contribution in [0.15, 0.2) is 54.7 Å². The fourth-order valence-electron chi connectivity index (χ4n) is 1.71. The highest BCUT2D eigenvalue weighted by molar-refractivity contribution is 5.46. The Labute approximate surface area is 96.6 Å². The largest absolute Gasteiger partial charge is 0.366 e. The lowest BCUT2D eigenvalue weighted by Gasteiger charge is -2.22. The summed E-state index contributed by atoms with van der Waals surface area (Å²) in [7, 11) is 0. The van der Waals surface area contributed by atoms with Gasteiger partial charge in [-0.05, 0) is 31.2 Å². The summed E-state index contributed by atoms with van der Waals surface area (Å²) < 4.78 is 0. The van der Waals surface area contributed by atoms with Crippen LogP contribution in [-0.4, -0.2) is 11.5 Å². The molecule has 0 amide bonds. The van der Waals surface area contributed by atoms with E-state index in [1.54, 1.807) is 0 Å². The van der Waals surface area contributed by atoms with Gasteiger partial charge in [0.25, 0.3) is 0 Å². The Morgan fingerprint density at radius 1 is 1.00 bits per heavy atom. The summed E-state index contributed by atoms with van der Waals surface area (Å²) in [6.45, 7) is 4.01. The molecule has 2 aromatic rings. The molecular formula is C14H16N2. The Morgan fingerprint density at radius 3 is 2.38 bits per heavy atom. The third kappa shape index (κ3) is 2.60. The van der Waals surface area contributed by atoms with Crippen LogP contribution in [0.2, 0.25) is 0 Å². The van der Waals surface area contributed by atoms with Crippen LogP contribution < -0.4 is 4.90 Å². The third-order valence-electron chi connectivity index (χ3n) is 2.58. The fraction of sp³-hybridized carbons (Fsp3) is 0.214. The van der Waals surface area contributed by atoms with Gasteiger partial charge in [-0.2, -0.15) is 0 Å². The summed E-state index contributed by atoms with van der Waals surface area (Å²) in [5.41, 5.74) is 2.35. The van der Waals surface area contributed by atoms with Crippen molar-refractivity contribution in [3.05, 3.63) is 60.4 Å². The molecular weight excluding hydrogens is 196 g/mol. The number of para-hydroxylation sites is 1. The number of aromatic nitrogens is 1. The Hall–Kier alpha value is -1.83. The van der Waals surface area contributed by atoms with E-state index in [9.17, 15) is 0 Å². The lowest BCUT2D eigenvalue weighted by Crippen LogP contribution is -2.22. The molecule has 16 heavy (non-hydrogen) atoms. The van der Waals surface area contributed by atoms with Gasteiger partial charge in [0.15, 0.2) is 0 Å². The van der Waals surface area contributed by atoms with Crippen LogP contribution in [0, 0.1) is 0 Å². The summed E-state index contributed by atoms with van der Waals surface area (Å²) in [4.78, 5) is 6.66. The fourth-order valence-corrected chi connectivity index (χ4v) is 1.71. The molecule has 1 aromatic carbocycles. The van der Waals surface area contributed by atoms with Gasteiger partial charge in [0.05, 0.1) is 12.2 Å². The summed E-state index contributed by atoms with van der Waals surface area (Å²) in [5, 5.41) is 0. The predicted molar refractivity (Wildman–Crippen MR) is 67.4 cm³/mol. The van der Waals surface area contributed by atoms with Crippen LogP contribution in [0.1, 0.15) is 12.6 Å². The zero-order valence-corrected chi connectivity index (χ0v) is 9.50. The third-order valence-corrected chi connectivity index (χ3v) is 2.58. The van der Waals surface area contributed by atoms with Gasteiger partial charge in [-0.1, -0.05) is 24.3 Å². The van der Waals surface area contributed by atoms with E-state index in [-0.39, 0.29) is 0 Å². The van der Waals surface area contributed by atoms with Gasteiger partial charge < -0.3 is 4.90 Å². The van der Waals surface area contributed by atoms with Crippen LogP contribution in [0.3, 0.4) is 0 Å². The molecule has 0 bridgehead atoms. The highest BCUT2D eigenvalue weighted by atomic mass is 15.1. The first kappa shape index (κ1) is 10.7. The highest BCUT2D eigenvalue weighted by Gasteiger charge is 2.04. The maximum Gasteiger partial charge on any atom is 0.0601 e. The topological polar surface area (TPSA) is 16.1 Å². The molecule has 0 aliphatic carbocycles. The molecule has 0 aliphatic rings. The molecule has 0 saturated heterocycles. The minimum atomic E-state index is 0.862. The number of rotatable bonds is 4. The lowest BCUT2D eigenvalue weighted by atomic mass is 10.2. The molecule has 0 N–H and O–H groups in total. The monoisotopic (exact) mass is 212 g/mol. The molecule has 1 heterocycles. The molecule has 0 aliphatic heterocycles. The standard InChI is InChI=1S/C14H16N2/c1-2-16(14-9-4-3-5-10-14)12-13-8-6-7-11-15-13/h3-11H,2,12H2,1H3. The van der Waals surface area contributed by atoms with E-state index in [1.165, 1.54) is 5.69 Å². The van der Waals surface area contributed by atoms with Crippen molar-refractivity contribution in [1.82, 2.24) is 4.98 Å². The first-order valence-electron chi connectivity index (χ1n) is 5.60. The first-order valence-corrected chi connectivity index (χ1v) is 5.60. The molecule has 0 atom stereocenters. The zero-order chi connectivity index (χ0) is 11.2. The second kappa shape index (κ2) is 5.31. The molecule has 82 valence electrons. The quantitative estimate of drug-likeness (QED) is 0.774. The summed E-state index contributed by atoms with van der Waals surface area (Å²) in [5.74, 6) is 0. The molecule has 2 nitrogen and oxygen atoms in total. The second-order valence-corrected chi connectivity index (χ2v) is 3.67. The second-order valence-electron chi connectivity index (χ2n) is 3.67. The van der Waals surface area contributed by atoms with Gasteiger partial charge >= 0.3 is 0 Å². The molecule has 2 rings (SSSR count). The Bertz CT molecular complexity index is 411. The van der Waals surface area contributed by atoms with E-state index < -0.39 is 0 Å². The molecule has 0 spiro atoms. The number of benzene rings is 1. The highest BCUT2D eigenvalue weighted by Crippen LogP contribution is 2.15. The van der Waals surface area contributed by atoms with Gasteiger partial charge in [-0.3, -0.25) is 4.98 Å². The normalized spacial score (nSPS) is 10.1. The average Bonchev–Trinajstić information content (AvgIpc) is 2.38. The van der Waals surface area contributed by atoms with E-state index >= 15 is 0 Å². The van der Waals surface area contributed by atoms with Crippen molar-refractivity contribution in [1.29, 1.82) is 0 Å². The van der Waals surface area contributed by atoms with Crippen LogP contribution in [0.5, 0.6) is 0 Å². The zero-order valence-electron chi connectivity index (χ0n) is 9.50. The lowest BCUT2D eigenvalue weighted by molar-refractivity contribution is 0.810. The van der Waals surface area contributed by atoms with E-state index in [1.807, 2.05) is 24.4 Å². The number of anilines is 1. The van der Waals surface area contributed by atoms with Crippen LogP contribution in [0.25, 0.3) is 0 Å². The minimum Gasteiger partial charge on any atom is -0.366 e. The van der Waals surface area contributed by atoms with E-state index in [2.05, 4.69) is 47.1 Å². The first-order chi connectivity index (χ1) is 7.90. The van der Waals surface area contributed by atoms with Crippen molar-refractivity contribution >= 4 is 5.69 Å². The average molecular weight is 212 g/mol. The molecule has 0 radical (unpaired) electrons. The van der Waals surface area contributed by atoms with E-state index in [0.717, 1.165) is 18.8 Å². The summed E-state index contributed by atoms with van der Waals surface area (Å²) in [6, 6.07) is 16.5. The van der Waals surface area contributed by atoms with Crippen LogP contribution in [0.4, 0.5) is 5.69 Å². The van der Waals surface area contributed by atoms with Crippen molar-refractivity contribution in [2.45, 2.75) is 13.5 Å². The van der Waals surface area contributed by atoms with E-state index in [4.69, 9.17) is 0 Å². The van der Waals surface area contributed by atoms with Crippen molar-refractivity contribution in [2.75, 3.05) is 11.4 Å². The number of hydrogen-bond donors (Lipinski definition) is 0. The molecule has 0 fully saturated rings. The molecule has 0 unspecified atom stereocenters. The maximum absolute atomic E-state index is 4.35. The van der Waals surface area contributed by atoms with Gasteiger partial charge in [0.1, 0.15) is 0 Å². The SMILES string of the molecule is CCN(Cc1ccccn1)c1ccccc1. The van der Waals surface area contributed by atoms with Crippen LogP contribution >= 0.6 is 0 Å². The van der Waals surface area contributed by atoms with Crippen molar-refractivity contribution in [3.63, 3.8) is 0 Å². The van der Waals surface area contributed by atoms with Crippen LogP contribution in [-0.2, 0) is 6.54 Å². The number of pyridine rings is 1. The Kier molecular flexibility index (Phi) is 3.54. The summed E-state index contributed by atoms with van der Waals surface area (Å²) >= 11 is 0. The number of hydrogen-bond acceptors (Lipinski definition) is 2. The Morgan fingerprint density at radius 2 is 1.75 bits per heavy atom. The van der Waals surface area contributed by atoms with Crippen molar-refractivity contribution < 1.29 is 0 Å². The maximum atomic E-state index is 4.35. The summed E-state index contributed by atoms with van der Waals surface area (Å²) in [6.07, 6.45) is 1.84. The van der Waals surface area contributed by atoms with Gasteiger partial charge in [0, 0.05) is 18.4 Å². The number of nitrogens with zero attached hydrogens (tertiary/aromatic N) is 2. The molecule has 0 saturated carbocycles. The predicted octanol–water partition coefficient (Wildman–Crippen LogP) is 3.11.